The van der Waals surface area contributed by atoms with Gasteiger partial charge in [0.1, 0.15) is 11.6 Å². The number of pyridine rings is 1. The molecule has 0 radical (unpaired) electrons. The SMILES string of the molecule is Cc1cnc(CNc2ncc(N)cc2C)o1. The number of nitrogens with zero attached hydrogens (tertiary/aromatic N) is 2. The number of nitrogen functional groups attached to an aromatic ring is 1. The summed E-state index contributed by atoms with van der Waals surface area (Å²) in [6.07, 6.45) is 3.32. The first-order valence-electron chi connectivity index (χ1n) is 5.02. The molecule has 0 aliphatic rings. The molecule has 0 fully saturated rings. The molecule has 0 aliphatic carbocycles. The van der Waals surface area contributed by atoms with Crippen LogP contribution in [-0.4, -0.2) is 9.97 Å². The number of rotatable bonds is 3. The summed E-state index contributed by atoms with van der Waals surface area (Å²) in [6, 6.07) is 1.87. The Bertz CT molecular complexity index is 492. The number of oxazole rings is 1. The minimum Gasteiger partial charge on any atom is -0.444 e. The second-order valence-electron chi connectivity index (χ2n) is 3.65. The van der Waals surface area contributed by atoms with E-state index in [2.05, 4.69) is 15.3 Å². The van der Waals surface area contributed by atoms with Crippen LogP contribution in [-0.2, 0) is 6.54 Å². The third-order valence-corrected chi connectivity index (χ3v) is 2.18. The van der Waals surface area contributed by atoms with Crippen LogP contribution >= 0.6 is 0 Å². The largest absolute Gasteiger partial charge is 0.444 e. The van der Waals surface area contributed by atoms with Crippen molar-refractivity contribution in [3.05, 3.63) is 35.7 Å². The Morgan fingerprint density at radius 1 is 1.31 bits per heavy atom. The number of nitrogens with two attached hydrogens (primary N) is 1. The van der Waals surface area contributed by atoms with E-state index in [9.17, 15) is 0 Å². The fourth-order valence-electron chi connectivity index (χ4n) is 1.42. The normalized spacial score (nSPS) is 10.4. The molecule has 2 aromatic heterocycles. The van der Waals surface area contributed by atoms with Crippen molar-refractivity contribution in [2.24, 2.45) is 0 Å². The fourth-order valence-corrected chi connectivity index (χ4v) is 1.42. The molecular weight excluding hydrogens is 204 g/mol. The van der Waals surface area contributed by atoms with Crippen molar-refractivity contribution < 1.29 is 4.42 Å². The quantitative estimate of drug-likeness (QED) is 0.822. The van der Waals surface area contributed by atoms with Gasteiger partial charge in [-0.3, -0.25) is 0 Å². The van der Waals surface area contributed by atoms with E-state index < -0.39 is 0 Å². The Morgan fingerprint density at radius 2 is 2.12 bits per heavy atom. The first kappa shape index (κ1) is 10.5. The monoisotopic (exact) mass is 218 g/mol. The highest BCUT2D eigenvalue weighted by atomic mass is 16.4. The van der Waals surface area contributed by atoms with Gasteiger partial charge in [-0.25, -0.2) is 9.97 Å². The van der Waals surface area contributed by atoms with Gasteiger partial charge in [0.05, 0.1) is 24.6 Å². The Labute approximate surface area is 93.7 Å². The summed E-state index contributed by atoms with van der Waals surface area (Å²) in [5, 5.41) is 3.15. The number of anilines is 2. The molecule has 0 spiro atoms. The van der Waals surface area contributed by atoms with E-state index in [-0.39, 0.29) is 0 Å². The molecule has 0 aliphatic heterocycles. The zero-order valence-corrected chi connectivity index (χ0v) is 9.32. The molecule has 3 N–H and O–H groups in total. The number of nitrogens with one attached hydrogen (secondary N) is 1. The van der Waals surface area contributed by atoms with Crippen LogP contribution in [0.5, 0.6) is 0 Å². The van der Waals surface area contributed by atoms with Gasteiger partial charge in [-0.1, -0.05) is 0 Å². The van der Waals surface area contributed by atoms with Gasteiger partial charge in [0.15, 0.2) is 0 Å². The lowest BCUT2D eigenvalue weighted by atomic mass is 10.2. The van der Waals surface area contributed by atoms with Crippen LogP contribution in [0.1, 0.15) is 17.2 Å². The highest BCUT2D eigenvalue weighted by Gasteiger charge is 2.03. The summed E-state index contributed by atoms with van der Waals surface area (Å²) in [5.74, 6) is 2.25. The van der Waals surface area contributed by atoms with Crippen molar-refractivity contribution in [3.63, 3.8) is 0 Å². The molecule has 5 heteroatoms. The summed E-state index contributed by atoms with van der Waals surface area (Å²) >= 11 is 0. The summed E-state index contributed by atoms with van der Waals surface area (Å²) in [6.45, 7) is 4.33. The van der Waals surface area contributed by atoms with E-state index in [4.69, 9.17) is 10.2 Å². The predicted molar refractivity (Wildman–Crippen MR) is 62.0 cm³/mol. The summed E-state index contributed by atoms with van der Waals surface area (Å²) in [4.78, 5) is 8.29. The van der Waals surface area contributed by atoms with Crippen LogP contribution in [0.25, 0.3) is 0 Å². The Morgan fingerprint density at radius 3 is 2.75 bits per heavy atom. The molecule has 2 rings (SSSR count). The minimum absolute atomic E-state index is 0.519. The molecule has 0 aromatic carbocycles. The lowest BCUT2D eigenvalue weighted by Gasteiger charge is -2.06. The second-order valence-corrected chi connectivity index (χ2v) is 3.65. The highest BCUT2D eigenvalue weighted by molar-refractivity contribution is 5.50. The third-order valence-electron chi connectivity index (χ3n) is 2.18. The van der Waals surface area contributed by atoms with Crippen LogP contribution < -0.4 is 11.1 Å². The number of hydrogen-bond acceptors (Lipinski definition) is 5. The van der Waals surface area contributed by atoms with Gasteiger partial charge >= 0.3 is 0 Å². The number of aromatic nitrogens is 2. The topological polar surface area (TPSA) is 77.0 Å². The molecule has 0 saturated heterocycles. The first-order chi connectivity index (χ1) is 7.65. The highest BCUT2D eigenvalue weighted by Crippen LogP contribution is 2.14. The number of aryl methyl sites for hydroxylation is 2. The van der Waals surface area contributed by atoms with E-state index in [0.717, 1.165) is 17.1 Å². The van der Waals surface area contributed by atoms with E-state index >= 15 is 0 Å². The van der Waals surface area contributed by atoms with Gasteiger partial charge in [0.2, 0.25) is 5.89 Å². The van der Waals surface area contributed by atoms with Gasteiger partial charge in [-0.05, 0) is 25.5 Å². The van der Waals surface area contributed by atoms with Crippen LogP contribution in [0.15, 0.2) is 22.9 Å². The van der Waals surface area contributed by atoms with Crippen LogP contribution in [0.2, 0.25) is 0 Å². The van der Waals surface area contributed by atoms with E-state index in [1.165, 1.54) is 0 Å². The van der Waals surface area contributed by atoms with Crippen molar-refractivity contribution in [2.75, 3.05) is 11.1 Å². The van der Waals surface area contributed by atoms with Crippen LogP contribution in [0, 0.1) is 13.8 Å². The van der Waals surface area contributed by atoms with Crippen molar-refractivity contribution >= 4 is 11.5 Å². The molecule has 0 amide bonds. The molecular formula is C11H14N4O. The predicted octanol–water partition coefficient (Wildman–Crippen LogP) is 1.88. The van der Waals surface area contributed by atoms with Crippen molar-refractivity contribution in [1.29, 1.82) is 0 Å². The fraction of sp³-hybridized carbons (Fsp3) is 0.273. The second kappa shape index (κ2) is 4.22. The maximum Gasteiger partial charge on any atom is 0.213 e. The molecule has 0 unspecified atom stereocenters. The molecule has 16 heavy (non-hydrogen) atoms. The Balaban J connectivity index is 2.04. The maximum atomic E-state index is 5.62. The lowest BCUT2D eigenvalue weighted by molar-refractivity contribution is 0.479. The average molecular weight is 218 g/mol. The van der Waals surface area contributed by atoms with Gasteiger partial charge in [-0.15, -0.1) is 0 Å². The average Bonchev–Trinajstić information content (AvgIpc) is 2.63. The first-order valence-corrected chi connectivity index (χ1v) is 5.02. The molecule has 5 nitrogen and oxygen atoms in total. The van der Waals surface area contributed by atoms with E-state index in [1.807, 2.05) is 19.9 Å². The summed E-state index contributed by atoms with van der Waals surface area (Å²) in [7, 11) is 0. The zero-order chi connectivity index (χ0) is 11.5. The van der Waals surface area contributed by atoms with Gasteiger partial charge in [-0.2, -0.15) is 0 Å². The third kappa shape index (κ3) is 2.31. The zero-order valence-electron chi connectivity index (χ0n) is 9.32. The van der Waals surface area contributed by atoms with Gasteiger partial charge in [0.25, 0.3) is 0 Å². The van der Waals surface area contributed by atoms with E-state index in [0.29, 0.717) is 18.1 Å². The van der Waals surface area contributed by atoms with Crippen LogP contribution in [0.4, 0.5) is 11.5 Å². The summed E-state index contributed by atoms with van der Waals surface area (Å²) < 4.78 is 5.34. The van der Waals surface area contributed by atoms with Crippen molar-refractivity contribution in [2.45, 2.75) is 20.4 Å². The smallest absolute Gasteiger partial charge is 0.213 e. The summed E-state index contributed by atoms with van der Waals surface area (Å²) in [5.41, 5.74) is 7.28. The minimum atomic E-state index is 0.519. The Kier molecular flexibility index (Phi) is 2.76. The molecule has 0 bridgehead atoms. The van der Waals surface area contributed by atoms with Crippen molar-refractivity contribution in [1.82, 2.24) is 9.97 Å². The van der Waals surface area contributed by atoms with Gasteiger partial charge in [0, 0.05) is 0 Å². The molecule has 84 valence electrons. The molecule has 2 heterocycles. The Hall–Kier alpha value is -2.04. The standard InChI is InChI=1S/C11H14N4O/c1-7-3-9(12)5-14-11(7)15-6-10-13-4-8(2)16-10/h3-5H,6,12H2,1-2H3,(H,14,15). The van der Waals surface area contributed by atoms with E-state index in [1.54, 1.807) is 12.4 Å². The van der Waals surface area contributed by atoms with Crippen molar-refractivity contribution in [3.8, 4) is 0 Å². The molecule has 0 atom stereocenters. The maximum absolute atomic E-state index is 5.62. The van der Waals surface area contributed by atoms with Gasteiger partial charge < -0.3 is 15.5 Å². The molecule has 0 saturated carbocycles. The number of hydrogen-bond donors (Lipinski definition) is 2. The lowest BCUT2D eigenvalue weighted by Crippen LogP contribution is -2.03. The molecule has 2 aromatic rings. The van der Waals surface area contributed by atoms with Crippen LogP contribution in [0.3, 0.4) is 0 Å².